The molecule has 16 heteroatoms. The molecule has 1 aliphatic carbocycles. The van der Waals surface area contributed by atoms with E-state index in [1.165, 1.54) is 36.9 Å². The van der Waals surface area contributed by atoms with E-state index in [1.807, 2.05) is 60.7 Å². The first kappa shape index (κ1) is 44.4. The molecular weight excluding hydrogens is 849 g/mol. The number of hydrogen-bond acceptors (Lipinski definition) is 12. The Hall–Kier alpha value is -7.85. The van der Waals surface area contributed by atoms with Crippen LogP contribution in [0.3, 0.4) is 0 Å². The Labute approximate surface area is 386 Å². The number of anilines is 1. The minimum absolute atomic E-state index is 0.126. The summed E-state index contributed by atoms with van der Waals surface area (Å²) in [4.78, 5) is 66.2. The van der Waals surface area contributed by atoms with Crippen molar-refractivity contribution < 1.29 is 28.3 Å². The van der Waals surface area contributed by atoms with Crippen molar-refractivity contribution in [3.8, 4) is 5.75 Å². The van der Waals surface area contributed by atoms with Gasteiger partial charge in [-0.05, 0) is 66.2 Å². The zero-order valence-corrected chi connectivity index (χ0v) is 37.4. The minimum atomic E-state index is -0.631. The van der Waals surface area contributed by atoms with Gasteiger partial charge >= 0.3 is 0 Å². The van der Waals surface area contributed by atoms with Crippen molar-refractivity contribution in [3.05, 3.63) is 157 Å². The summed E-state index contributed by atoms with van der Waals surface area (Å²) < 4.78 is 11.4. The number of methoxy groups -OCH3 is 1. The molecular formula is C51H52N10O6. The predicted molar refractivity (Wildman–Crippen MR) is 254 cm³/mol. The molecule has 6 N–H and O–H groups in total. The maximum absolute atomic E-state index is 13.5. The van der Waals surface area contributed by atoms with Crippen LogP contribution in [0.2, 0.25) is 0 Å². The fraction of sp³-hybridized carbons (Fsp3) is 0.275. The fourth-order valence-corrected chi connectivity index (χ4v) is 10.1. The zero-order valence-electron chi connectivity index (χ0n) is 37.4. The SMILES string of the molecule is C=C(c1ccccc1)C1CCN(C(=O)C(=O)c2c[nH]c3ccccc23)CC1.COc1cnc(N(N)/C=C\N)c2[nH]cc(C(=O)C(=O)N3CCC4(CC3)CC4(c3ccccc3)c3nnc(C)o3)c12. The Balaban J connectivity index is 0.000000181. The molecule has 16 nitrogen and oxygen atoms in total. The van der Waals surface area contributed by atoms with Gasteiger partial charge in [-0.15, -0.1) is 10.2 Å². The summed E-state index contributed by atoms with van der Waals surface area (Å²) in [7, 11) is 1.48. The Kier molecular flexibility index (Phi) is 12.1. The van der Waals surface area contributed by atoms with E-state index in [0.29, 0.717) is 84.8 Å². The number of aromatic amines is 2. The number of piperidine rings is 2. The van der Waals surface area contributed by atoms with Crippen LogP contribution in [0.25, 0.3) is 27.4 Å². The van der Waals surface area contributed by atoms with Gasteiger partial charge in [0.1, 0.15) is 5.75 Å². The molecule has 0 bridgehead atoms. The molecule has 342 valence electrons. The summed E-state index contributed by atoms with van der Waals surface area (Å²) in [6.45, 7) is 8.10. The van der Waals surface area contributed by atoms with E-state index in [9.17, 15) is 19.2 Å². The number of likely N-dealkylation sites (tertiary alicyclic amines) is 2. The van der Waals surface area contributed by atoms with E-state index < -0.39 is 28.8 Å². The Morgan fingerprint density at radius 3 is 2.13 bits per heavy atom. The van der Waals surface area contributed by atoms with E-state index in [2.05, 4.69) is 56.0 Å². The van der Waals surface area contributed by atoms with Gasteiger partial charge in [-0.1, -0.05) is 85.4 Å². The normalized spacial score (nSPS) is 17.9. The number of aryl methyl sites for hydroxylation is 1. The van der Waals surface area contributed by atoms with Crippen LogP contribution >= 0.6 is 0 Å². The van der Waals surface area contributed by atoms with Gasteiger partial charge in [-0.2, -0.15) is 0 Å². The first-order valence-electron chi connectivity index (χ1n) is 22.3. The second-order valence-electron chi connectivity index (χ2n) is 17.4. The van der Waals surface area contributed by atoms with Crippen molar-refractivity contribution in [1.29, 1.82) is 0 Å². The summed E-state index contributed by atoms with van der Waals surface area (Å²) in [6, 6.07) is 27.9. The Morgan fingerprint density at radius 1 is 0.851 bits per heavy atom. The van der Waals surface area contributed by atoms with Crippen molar-refractivity contribution in [1.82, 2.24) is 34.9 Å². The van der Waals surface area contributed by atoms with Gasteiger partial charge in [-0.3, -0.25) is 24.2 Å². The number of hydrazine groups is 1. The lowest BCUT2D eigenvalue weighted by Gasteiger charge is -2.34. The van der Waals surface area contributed by atoms with Crippen LogP contribution in [0.5, 0.6) is 5.75 Å². The van der Waals surface area contributed by atoms with E-state index >= 15 is 0 Å². The van der Waals surface area contributed by atoms with Crippen LogP contribution < -0.4 is 21.3 Å². The maximum atomic E-state index is 13.5. The number of nitrogens with zero attached hydrogens (tertiary/aromatic N) is 6. The molecule has 1 unspecified atom stereocenters. The van der Waals surface area contributed by atoms with Gasteiger partial charge in [0.25, 0.3) is 23.4 Å². The third-order valence-electron chi connectivity index (χ3n) is 13.8. The predicted octanol–water partition coefficient (Wildman–Crippen LogP) is 6.86. The molecule has 10 rings (SSSR count). The molecule has 7 aromatic rings. The number of fused-ring (bicyclic) bond motifs is 2. The number of rotatable bonds is 11. The molecule has 1 saturated carbocycles. The number of aromatic nitrogens is 5. The van der Waals surface area contributed by atoms with Crippen LogP contribution in [-0.2, 0) is 15.0 Å². The first-order chi connectivity index (χ1) is 32.5. The fourth-order valence-electron chi connectivity index (χ4n) is 10.1. The highest BCUT2D eigenvalue weighted by Gasteiger charge is 2.72. The number of ketones is 2. The second kappa shape index (κ2) is 18.2. The number of carbonyl (C=O) groups is 4. The number of Topliss-reactive ketones (excluding diaryl/α,β-unsaturated/α-hetero) is 2. The van der Waals surface area contributed by atoms with Crippen LogP contribution in [0.15, 0.2) is 127 Å². The van der Waals surface area contributed by atoms with Gasteiger partial charge in [0.2, 0.25) is 11.8 Å². The lowest BCUT2D eigenvalue weighted by molar-refractivity contribution is -0.128. The number of allylic oxidation sites excluding steroid dienone is 1. The number of benzene rings is 3. The summed E-state index contributed by atoms with van der Waals surface area (Å²) in [5.41, 5.74) is 10.3. The number of nitrogens with one attached hydrogen (secondary N) is 2. The molecule has 1 atom stereocenters. The topological polar surface area (TPSA) is 223 Å². The van der Waals surface area contributed by atoms with Crippen LogP contribution in [0.1, 0.15) is 75.7 Å². The molecule has 2 amide bonds. The van der Waals surface area contributed by atoms with E-state index in [1.54, 1.807) is 22.9 Å². The average molecular weight is 901 g/mol. The van der Waals surface area contributed by atoms with Crippen molar-refractivity contribution in [2.75, 3.05) is 38.3 Å². The number of amides is 2. The number of pyridine rings is 1. The summed E-state index contributed by atoms with van der Waals surface area (Å²) in [6.07, 6.45) is 11.2. The molecule has 3 fully saturated rings. The van der Waals surface area contributed by atoms with Crippen molar-refractivity contribution >= 4 is 56.6 Å². The van der Waals surface area contributed by atoms with Crippen LogP contribution in [-0.4, -0.2) is 91.6 Å². The quantitative estimate of drug-likeness (QED) is 0.0453. The van der Waals surface area contributed by atoms with E-state index in [-0.39, 0.29) is 11.0 Å². The molecule has 2 saturated heterocycles. The summed E-state index contributed by atoms with van der Waals surface area (Å²) in [5.74, 6) is 6.14. The molecule has 6 heterocycles. The number of H-pyrrole nitrogens is 2. The lowest BCUT2D eigenvalue weighted by atomic mass is 9.80. The number of carbonyl (C=O) groups excluding carboxylic acids is 4. The first-order valence-corrected chi connectivity index (χ1v) is 22.3. The maximum Gasteiger partial charge on any atom is 0.295 e. The molecule has 3 aliphatic rings. The number of para-hydroxylation sites is 1. The van der Waals surface area contributed by atoms with Crippen LogP contribution in [0.4, 0.5) is 5.82 Å². The molecule has 2 aliphatic heterocycles. The summed E-state index contributed by atoms with van der Waals surface area (Å²) in [5, 5.41) is 10.9. The Bertz CT molecular complexity index is 3010. The van der Waals surface area contributed by atoms with Gasteiger partial charge in [0, 0.05) is 68.8 Å². The highest BCUT2D eigenvalue weighted by molar-refractivity contribution is 6.45. The third kappa shape index (κ3) is 8.02. The Morgan fingerprint density at radius 2 is 1.48 bits per heavy atom. The zero-order chi connectivity index (χ0) is 46.9. The number of ether oxygens (including phenoxy) is 1. The second-order valence-corrected chi connectivity index (χ2v) is 17.4. The standard InChI is InChI=1S/C28H30N8O4.C23H22N2O2/c1-17-33-34-26(40-17)28(18-6-4-3-5-7-18)16-27(28)8-11-35(12-9-27)25(38)23(37)19-14-31-22-21(19)20(39-2)15-32-24(22)36(30)13-10-29;1-16(17-7-3-2-4-8-17)18-11-13-25(14-12-18)23(27)22(26)20-15-24-21-10-6-5-9-19(20)21/h3-7,10,13-15,31H,8-9,11-12,16,29-30H2,1-2H3;2-10,15,18,24H,1,11-14H2/b13-10-;. The van der Waals surface area contributed by atoms with Gasteiger partial charge < -0.3 is 34.7 Å². The minimum Gasteiger partial charge on any atom is -0.494 e. The number of hydrogen-bond donors (Lipinski definition) is 4. The monoisotopic (exact) mass is 900 g/mol. The van der Waals surface area contributed by atoms with E-state index in [0.717, 1.165) is 46.9 Å². The highest BCUT2D eigenvalue weighted by Crippen LogP contribution is 2.72. The molecule has 1 spiro atoms. The number of nitrogens with two attached hydrogens (primary N) is 2. The smallest absolute Gasteiger partial charge is 0.295 e. The lowest BCUT2D eigenvalue weighted by Crippen LogP contribution is -2.44. The van der Waals surface area contributed by atoms with Crippen LogP contribution in [0, 0.1) is 18.3 Å². The molecule has 67 heavy (non-hydrogen) atoms. The van der Waals surface area contributed by atoms with E-state index in [4.69, 9.17) is 20.7 Å². The van der Waals surface area contributed by atoms with Crippen molar-refractivity contribution in [2.24, 2.45) is 22.9 Å². The van der Waals surface area contributed by atoms with Crippen molar-refractivity contribution in [2.45, 2.75) is 44.4 Å². The van der Waals surface area contributed by atoms with Gasteiger partial charge in [-0.25, -0.2) is 10.8 Å². The van der Waals surface area contributed by atoms with Gasteiger partial charge in [0.05, 0.1) is 40.8 Å². The average Bonchev–Trinajstić information content (AvgIpc) is 3.82. The van der Waals surface area contributed by atoms with Crippen molar-refractivity contribution in [3.63, 3.8) is 0 Å². The molecule has 4 aromatic heterocycles. The largest absolute Gasteiger partial charge is 0.494 e. The summed E-state index contributed by atoms with van der Waals surface area (Å²) >= 11 is 0. The third-order valence-corrected chi connectivity index (χ3v) is 13.8. The van der Waals surface area contributed by atoms with Gasteiger partial charge in [0.15, 0.2) is 5.82 Å². The highest BCUT2D eigenvalue weighted by atomic mass is 16.5. The molecule has 0 radical (unpaired) electrons. The molecule has 3 aromatic carbocycles.